The summed E-state index contributed by atoms with van der Waals surface area (Å²) < 4.78 is 13.1. The lowest BCUT2D eigenvalue weighted by Gasteiger charge is -2.28. The Hall–Kier alpha value is -2.05. The molecular weight excluding hydrogens is 333 g/mol. The molecule has 0 N–H and O–H groups in total. The van der Waals surface area contributed by atoms with Gasteiger partial charge in [-0.15, -0.1) is 0 Å². The van der Waals surface area contributed by atoms with Crippen molar-refractivity contribution in [2.24, 2.45) is 22.7 Å². The summed E-state index contributed by atoms with van der Waals surface area (Å²) >= 11 is 0. The van der Waals surface area contributed by atoms with Crippen molar-refractivity contribution in [3.8, 4) is 0 Å². The Morgan fingerprint density at radius 3 is 2.69 bits per heavy atom. The van der Waals surface area contributed by atoms with Gasteiger partial charge >= 0.3 is 0 Å². The zero-order valence-corrected chi connectivity index (χ0v) is 15.1. The van der Waals surface area contributed by atoms with Gasteiger partial charge in [-0.1, -0.05) is 6.92 Å². The lowest BCUT2D eigenvalue weighted by atomic mass is 9.85. The fourth-order valence-corrected chi connectivity index (χ4v) is 5.04. The number of hydrogen-bond donors (Lipinski definition) is 0. The van der Waals surface area contributed by atoms with E-state index in [0.717, 1.165) is 44.7 Å². The molecule has 6 nitrogen and oxygen atoms in total. The van der Waals surface area contributed by atoms with E-state index in [0.29, 0.717) is 17.8 Å². The number of nitrogens with zero attached hydrogens (tertiary/aromatic N) is 5. The quantitative estimate of drug-likeness (QED) is 0.829. The molecule has 7 heteroatoms. The van der Waals surface area contributed by atoms with Gasteiger partial charge in [-0.05, 0) is 37.5 Å². The molecule has 1 saturated heterocycles. The summed E-state index contributed by atoms with van der Waals surface area (Å²) in [5.41, 5.74) is -0.584. The van der Waals surface area contributed by atoms with Crippen LogP contribution in [-0.4, -0.2) is 51.8 Å². The second-order valence-corrected chi connectivity index (χ2v) is 8.18. The van der Waals surface area contributed by atoms with Crippen molar-refractivity contribution >= 4 is 17.7 Å². The fourth-order valence-electron chi connectivity index (χ4n) is 5.04. The predicted molar refractivity (Wildman–Crippen MR) is 95.3 cm³/mol. The molecule has 5 rings (SSSR count). The predicted octanol–water partition coefficient (Wildman–Crippen LogP) is 2.26. The van der Waals surface area contributed by atoms with Gasteiger partial charge in [-0.25, -0.2) is 14.4 Å². The summed E-state index contributed by atoms with van der Waals surface area (Å²) in [5.74, 6) is 2.61. The van der Waals surface area contributed by atoms with Crippen molar-refractivity contribution < 1.29 is 9.18 Å². The fraction of sp³-hybridized carbons (Fsp3) is 0.684. The number of hydrogen-bond acceptors (Lipinski definition) is 5. The highest BCUT2D eigenvalue weighted by Crippen LogP contribution is 2.51. The van der Waals surface area contributed by atoms with Gasteiger partial charge in [0.05, 0.1) is 12.4 Å². The van der Waals surface area contributed by atoms with Gasteiger partial charge < -0.3 is 4.90 Å². The first-order valence-electron chi connectivity index (χ1n) is 9.74. The van der Waals surface area contributed by atoms with E-state index in [-0.39, 0.29) is 11.8 Å². The second kappa shape index (κ2) is 5.72. The zero-order chi connectivity index (χ0) is 17.9. The van der Waals surface area contributed by atoms with E-state index in [2.05, 4.69) is 21.8 Å². The number of halogens is 1. The van der Waals surface area contributed by atoms with Crippen LogP contribution in [0.4, 0.5) is 10.3 Å². The number of carbonyl (C=O) groups is 1. The molecule has 4 aliphatic rings. The normalized spacial score (nSPS) is 33.3. The maximum Gasteiger partial charge on any atom is 0.256 e. The van der Waals surface area contributed by atoms with E-state index in [1.165, 1.54) is 25.2 Å². The molecule has 1 spiro atoms. The highest BCUT2D eigenvalue weighted by atomic mass is 19.1. The van der Waals surface area contributed by atoms with E-state index in [1.54, 1.807) is 0 Å². The van der Waals surface area contributed by atoms with Gasteiger partial charge in [0.25, 0.3) is 5.91 Å². The van der Waals surface area contributed by atoms with Gasteiger partial charge in [0.1, 0.15) is 11.4 Å². The molecule has 26 heavy (non-hydrogen) atoms. The van der Waals surface area contributed by atoms with Crippen molar-refractivity contribution in [1.29, 1.82) is 0 Å². The van der Waals surface area contributed by atoms with Gasteiger partial charge in [0.15, 0.2) is 5.82 Å². The molecule has 1 aromatic heterocycles. The van der Waals surface area contributed by atoms with E-state index in [1.807, 2.05) is 4.90 Å². The van der Waals surface area contributed by atoms with E-state index < -0.39 is 11.4 Å². The molecular formula is C19H24FN5O. The second-order valence-electron chi connectivity index (χ2n) is 8.18. The molecule has 0 bridgehead atoms. The highest BCUT2D eigenvalue weighted by molar-refractivity contribution is 6.08. The van der Waals surface area contributed by atoms with Crippen LogP contribution in [0, 0.1) is 23.6 Å². The van der Waals surface area contributed by atoms with Crippen molar-refractivity contribution in [2.75, 3.05) is 24.5 Å². The molecule has 2 aliphatic heterocycles. The Bertz CT molecular complexity index is 762. The molecule has 138 valence electrons. The molecule has 0 radical (unpaired) electrons. The minimum absolute atomic E-state index is 0.203. The molecule has 3 fully saturated rings. The van der Waals surface area contributed by atoms with Crippen LogP contribution in [0.15, 0.2) is 17.4 Å². The van der Waals surface area contributed by atoms with E-state index in [9.17, 15) is 9.18 Å². The van der Waals surface area contributed by atoms with E-state index >= 15 is 0 Å². The lowest BCUT2D eigenvalue weighted by molar-refractivity contribution is -0.132. The third kappa shape index (κ3) is 2.36. The van der Waals surface area contributed by atoms with Crippen LogP contribution >= 0.6 is 0 Å². The monoisotopic (exact) mass is 357 g/mol. The molecule has 1 aromatic rings. The third-order valence-corrected chi connectivity index (χ3v) is 6.55. The maximum absolute atomic E-state index is 13.4. The minimum atomic E-state index is -0.584. The number of fused-ring (bicyclic) bond motifs is 2. The van der Waals surface area contributed by atoms with Gasteiger partial charge in [-0.2, -0.15) is 0 Å². The summed E-state index contributed by atoms with van der Waals surface area (Å²) in [4.78, 5) is 30.8. The van der Waals surface area contributed by atoms with Crippen molar-refractivity contribution in [3.63, 3.8) is 0 Å². The molecule has 3 heterocycles. The molecule has 0 unspecified atom stereocenters. The van der Waals surface area contributed by atoms with Crippen molar-refractivity contribution in [1.82, 2.24) is 14.9 Å². The third-order valence-electron chi connectivity index (χ3n) is 6.55. The van der Waals surface area contributed by atoms with Crippen LogP contribution in [0.3, 0.4) is 0 Å². The van der Waals surface area contributed by atoms with Crippen LogP contribution in [0.1, 0.15) is 39.0 Å². The number of aliphatic imine (C=N–C) groups is 1. The minimum Gasteiger partial charge on any atom is -0.340 e. The van der Waals surface area contributed by atoms with Crippen LogP contribution in [-0.2, 0) is 4.79 Å². The Balaban J connectivity index is 1.41. The van der Waals surface area contributed by atoms with Gasteiger partial charge in [-0.3, -0.25) is 14.7 Å². The zero-order valence-electron chi connectivity index (χ0n) is 15.1. The van der Waals surface area contributed by atoms with Crippen LogP contribution in [0.25, 0.3) is 0 Å². The number of amides is 1. The number of carbonyl (C=O) groups excluding carboxylic acids is 1. The lowest BCUT2D eigenvalue weighted by Crippen LogP contribution is -2.47. The molecule has 3 atom stereocenters. The van der Waals surface area contributed by atoms with Gasteiger partial charge in [0, 0.05) is 32.0 Å². The largest absolute Gasteiger partial charge is 0.340 e. The van der Waals surface area contributed by atoms with Crippen LogP contribution in [0.2, 0.25) is 0 Å². The van der Waals surface area contributed by atoms with Gasteiger partial charge in [0.2, 0.25) is 5.95 Å². The first-order chi connectivity index (χ1) is 12.6. The number of amidine groups is 1. The van der Waals surface area contributed by atoms with E-state index in [4.69, 9.17) is 4.99 Å². The summed E-state index contributed by atoms with van der Waals surface area (Å²) in [6.45, 7) is 4.48. The van der Waals surface area contributed by atoms with Crippen molar-refractivity contribution in [2.45, 2.75) is 44.6 Å². The van der Waals surface area contributed by atoms with Crippen molar-refractivity contribution in [3.05, 3.63) is 18.2 Å². The average molecular weight is 357 g/mol. The Kier molecular flexibility index (Phi) is 3.56. The number of rotatable bonds is 4. The molecule has 0 aromatic carbocycles. The SMILES string of the molecule is CCC1=N[C@@]2(CC[C@@H]3CN(c4ncc(F)cn4)C[C@@H]32)C(=O)N1CC1CC1. The molecule has 2 aliphatic carbocycles. The van der Waals surface area contributed by atoms with Crippen LogP contribution < -0.4 is 4.90 Å². The standard InChI is InChI=1S/C19H24FN5O/c1-2-16-23-19(17(26)25(16)9-12-3-4-12)6-5-13-10-24(11-15(13)19)18-21-7-14(20)8-22-18/h7-8,12-13,15H,2-6,9-11H2,1H3/t13-,15+,19-/m1/s1. The first-order valence-corrected chi connectivity index (χ1v) is 9.74. The number of anilines is 1. The summed E-state index contributed by atoms with van der Waals surface area (Å²) in [7, 11) is 0. The topological polar surface area (TPSA) is 61.7 Å². The Morgan fingerprint density at radius 1 is 1.23 bits per heavy atom. The average Bonchev–Trinajstić information content (AvgIpc) is 3.16. The summed E-state index contributed by atoms with van der Waals surface area (Å²) in [5, 5.41) is 0. The Morgan fingerprint density at radius 2 is 2.00 bits per heavy atom. The summed E-state index contributed by atoms with van der Waals surface area (Å²) in [6, 6.07) is 0. The Labute approximate surface area is 152 Å². The molecule has 1 amide bonds. The molecule has 2 saturated carbocycles. The smallest absolute Gasteiger partial charge is 0.256 e. The number of aromatic nitrogens is 2. The first kappa shape index (κ1) is 16.1. The van der Waals surface area contributed by atoms with Crippen LogP contribution in [0.5, 0.6) is 0 Å². The maximum atomic E-state index is 13.4. The highest BCUT2D eigenvalue weighted by Gasteiger charge is 2.61. The summed E-state index contributed by atoms with van der Waals surface area (Å²) in [6.07, 6.45) is 7.54.